The molecule has 0 bridgehead atoms. The van der Waals surface area contributed by atoms with Crippen LogP contribution < -0.4 is 19.5 Å². The van der Waals surface area contributed by atoms with Gasteiger partial charge in [0.1, 0.15) is 36.7 Å². The number of morpholine rings is 1. The molecule has 1 atom stereocenters. The molecular weight excluding hydrogens is 408 g/mol. The van der Waals surface area contributed by atoms with Crippen molar-refractivity contribution in [1.29, 1.82) is 0 Å². The second kappa shape index (κ2) is 9.42. The zero-order valence-electron chi connectivity index (χ0n) is 18.0. The normalized spacial score (nSPS) is 18.2. The summed E-state index contributed by atoms with van der Waals surface area (Å²) in [5, 5.41) is 3.24. The second-order valence-corrected chi connectivity index (χ2v) is 7.69. The lowest BCUT2D eigenvalue weighted by atomic mass is 10.1. The Morgan fingerprint density at radius 3 is 2.69 bits per heavy atom. The topological polar surface area (TPSA) is 78.0 Å². The molecule has 3 aromatic rings. The molecule has 1 aromatic carbocycles. The summed E-state index contributed by atoms with van der Waals surface area (Å²) >= 11 is 0. The van der Waals surface area contributed by atoms with Gasteiger partial charge in [0, 0.05) is 37.5 Å². The van der Waals surface area contributed by atoms with Crippen molar-refractivity contribution in [3.8, 4) is 17.2 Å². The molecule has 5 rings (SSSR count). The maximum Gasteiger partial charge on any atom is 0.165 e. The monoisotopic (exact) mass is 434 g/mol. The van der Waals surface area contributed by atoms with Crippen LogP contribution in [0.4, 0.5) is 11.6 Å². The minimum atomic E-state index is -0.113. The number of aromatic nitrogens is 2. The molecule has 1 N–H and O–H groups in total. The summed E-state index contributed by atoms with van der Waals surface area (Å²) in [5.41, 5.74) is 1.96. The molecule has 0 amide bonds. The van der Waals surface area contributed by atoms with Crippen LogP contribution in [-0.4, -0.2) is 54.9 Å². The summed E-state index contributed by atoms with van der Waals surface area (Å²) in [6, 6.07) is 15.6. The van der Waals surface area contributed by atoms with Crippen LogP contribution in [0.25, 0.3) is 0 Å². The molecule has 8 heteroatoms. The van der Waals surface area contributed by atoms with E-state index < -0.39 is 0 Å². The number of hydrogen-bond donors (Lipinski definition) is 1. The Labute approximate surface area is 187 Å². The molecule has 1 unspecified atom stereocenters. The Balaban J connectivity index is 1.30. The molecule has 1 fully saturated rings. The van der Waals surface area contributed by atoms with Crippen LogP contribution in [0.3, 0.4) is 0 Å². The van der Waals surface area contributed by atoms with E-state index in [9.17, 15) is 0 Å². The molecule has 2 aliphatic heterocycles. The molecular formula is C24H26N4O4. The van der Waals surface area contributed by atoms with E-state index in [0.29, 0.717) is 19.8 Å². The molecule has 0 aliphatic carbocycles. The van der Waals surface area contributed by atoms with Gasteiger partial charge >= 0.3 is 0 Å². The van der Waals surface area contributed by atoms with Crippen LogP contribution in [0.1, 0.15) is 17.4 Å². The molecule has 0 spiro atoms. The zero-order valence-corrected chi connectivity index (χ0v) is 18.0. The number of hydrogen-bond acceptors (Lipinski definition) is 8. The van der Waals surface area contributed by atoms with Gasteiger partial charge in [-0.15, -0.1) is 0 Å². The molecule has 1 saturated heterocycles. The van der Waals surface area contributed by atoms with Crippen molar-refractivity contribution >= 4 is 11.6 Å². The first-order valence-corrected chi connectivity index (χ1v) is 10.7. The van der Waals surface area contributed by atoms with E-state index in [1.807, 2.05) is 48.5 Å². The van der Waals surface area contributed by atoms with E-state index in [1.54, 1.807) is 13.3 Å². The van der Waals surface area contributed by atoms with Crippen molar-refractivity contribution < 1.29 is 18.9 Å². The van der Waals surface area contributed by atoms with Gasteiger partial charge in [0.05, 0.1) is 19.4 Å². The van der Waals surface area contributed by atoms with E-state index in [-0.39, 0.29) is 6.10 Å². The highest BCUT2D eigenvalue weighted by molar-refractivity contribution is 5.52. The number of anilines is 2. The average Bonchev–Trinajstić information content (AvgIpc) is 2.84. The maximum absolute atomic E-state index is 6.06. The van der Waals surface area contributed by atoms with Crippen molar-refractivity contribution in [3.05, 3.63) is 66.0 Å². The number of rotatable bonds is 6. The minimum Gasteiger partial charge on any atom is -0.496 e. The standard InChI is InChI=1S/C24H26N4O4/c1-29-19-14-21-20(31-11-12-32-21)13-17(19)15-28-9-10-30-22(16-28)18-5-4-7-24(26-18)27-23-6-2-3-8-25-23/h2-8,13-14,22H,9-12,15-16H2,1H3,(H,25,26,27). The summed E-state index contributed by atoms with van der Waals surface area (Å²) in [5.74, 6) is 3.81. The van der Waals surface area contributed by atoms with Gasteiger partial charge in [0.2, 0.25) is 0 Å². The Morgan fingerprint density at radius 1 is 1.03 bits per heavy atom. The fourth-order valence-electron chi connectivity index (χ4n) is 3.96. The van der Waals surface area contributed by atoms with Crippen LogP contribution in [0.15, 0.2) is 54.7 Å². The van der Waals surface area contributed by atoms with E-state index in [4.69, 9.17) is 23.9 Å². The SMILES string of the molecule is COc1cc2c(cc1CN1CCOC(c3cccc(Nc4ccccn4)n3)C1)OCCO2. The Morgan fingerprint density at radius 2 is 1.88 bits per heavy atom. The van der Waals surface area contributed by atoms with Gasteiger partial charge in [-0.2, -0.15) is 0 Å². The fourth-order valence-corrected chi connectivity index (χ4v) is 3.96. The third-order valence-electron chi connectivity index (χ3n) is 5.51. The Bertz CT molecular complexity index is 1060. The molecule has 8 nitrogen and oxygen atoms in total. The van der Waals surface area contributed by atoms with E-state index >= 15 is 0 Å². The summed E-state index contributed by atoms with van der Waals surface area (Å²) in [4.78, 5) is 11.4. The lowest BCUT2D eigenvalue weighted by Gasteiger charge is -2.33. The summed E-state index contributed by atoms with van der Waals surface area (Å²) < 4.78 is 23.1. The smallest absolute Gasteiger partial charge is 0.165 e. The van der Waals surface area contributed by atoms with Crippen molar-refractivity contribution in [2.24, 2.45) is 0 Å². The lowest BCUT2D eigenvalue weighted by Crippen LogP contribution is -2.38. The fraction of sp³-hybridized carbons (Fsp3) is 0.333. The first-order chi connectivity index (χ1) is 15.8. The van der Waals surface area contributed by atoms with Crippen LogP contribution in [0, 0.1) is 0 Å². The maximum atomic E-state index is 6.06. The quantitative estimate of drug-likeness (QED) is 0.631. The number of benzene rings is 1. The predicted molar refractivity (Wildman–Crippen MR) is 120 cm³/mol. The predicted octanol–water partition coefficient (Wildman–Crippen LogP) is 3.57. The third-order valence-corrected chi connectivity index (χ3v) is 5.51. The first kappa shape index (κ1) is 20.5. The molecule has 166 valence electrons. The van der Waals surface area contributed by atoms with Crippen molar-refractivity contribution in [1.82, 2.24) is 14.9 Å². The van der Waals surface area contributed by atoms with Crippen molar-refractivity contribution in [2.45, 2.75) is 12.6 Å². The average molecular weight is 434 g/mol. The molecule has 2 aromatic heterocycles. The van der Waals surface area contributed by atoms with Gasteiger partial charge in [-0.1, -0.05) is 12.1 Å². The van der Waals surface area contributed by atoms with Crippen molar-refractivity contribution in [3.63, 3.8) is 0 Å². The van der Waals surface area contributed by atoms with Crippen LogP contribution in [0.5, 0.6) is 17.2 Å². The lowest BCUT2D eigenvalue weighted by molar-refractivity contribution is -0.0351. The first-order valence-electron chi connectivity index (χ1n) is 10.7. The number of pyridine rings is 2. The highest BCUT2D eigenvalue weighted by Crippen LogP contribution is 2.37. The number of nitrogens with zero attached hydrogens (tertiary/aromatic N) is 3. The van der Waals surface area contributed by atoms with Gasteiger partial charge < -0.3 is 24.3 Å². The van der Waals surface area contributed by atoms with E-state index in [2.05, 4.69) is 15.2 Å². The Hall–Kier alpha value is -3.36. The van der Waals surface area contributed by atoms with Gasteiger partial charge in [-0.05, 0) is 30.3 Å². The van der Waals surface area contributed by atoms with Gasteiger partial charge in [0.25, 0.3) is 0 Å². The molecule has 0 radical (unpaired) electrons. The number of nitrogens with one attached hydrogen (secondary N) is 1. The second-order valence-electron chi connectivity index (χ2n) is 7.69. The van der Waals surface area contributed by atoms with E-state index in [1.165, 1.54) is 0 Å². The highest BCUT2D eigenvalue weighted by atomic mass is 16.6. The van der Waals surface area contributed by atoms with Crippen LogP contribution in [-0.2, 0) is 11.3 Å². The largest absolute Gasteiger partial charge is 0.496 e. The molecule has 2 aliphatic rings. The summed E-state index contributed by atoms with van der Waals surface area (Å²) in [6.07, 6.45) is 1.64. The molecule has 0 saturated carbocycles. The molecule has 32 heavy (non-hydrogen) atoms. The van der Waals surface area contributed by atoms with Gasteiger partial charge in [-0.3, -0.25) is 4.90 Å². The van der Waals surface area contributed by atoms with E-state index in [0.717, 1.165) is 59.8 Å². The number of methoxy groups -OCH3 is 1. The summed E-state index contributed by atoms with van der Waals surface area (Å²) in [7, 11) is 1.68. The van der Waals surface area contributed by atoms with Gasteiger partial charge in [0.15, 0.2) is 11.5 Å². The van der Waals surface area contributed by atoms with Crippen molar-refractivity contribution in [2.75, 3.05) is 45.3 Å². The Kier molecular flexibility index (Phi) is 6.04. The highest BCUT2D eigenvalue weighted by Gasteiger charge is 2.25. The van der Waals surface area contributed by atoms with Crippen LogP contribution >= 0.6 is 0 Å². The minimum absolute atomic E-state index is 0.113. The number of ether oxygens (including phenoxy) is 4. The van der Waals surface area contributed by atoms with Gasteiger partial charge in [-0.25, -0.2) is 9.97 Å². The molecule has 4 heterocycles. The van der Waals surface area contributed by atoms with Crippen LogP contribution in [0.2, 0.25) is 0 Å². The number of fused-ring (bicyclic) bond motifs is 1. The zero-order chi connectivity index (χ0) is 21.8. The third kappa shape index (κ3) is 4.61. The summed E-state index contributed by atoms with van der Waals surface area (Å²) in [6.45, 7) is 4.05.